The van der Waals surface area contributed by atoms with E-state index in [1.54, 1.807) is 6.07 Å². The number of nitrogens with two attached hydrogens (primary N) is 1. The number of rotatable bonds is 0. The Bertz CT molecular complexity index is 253. The first-order valence-corrected chi connectivity index (χ1v) is 3.49. The number of hydrogen-bond acceptors (Lipinski definition) is 6. The van der Waals surface area contributed by atoms with Crippen LogP contribution in [0.4, 0.5) is 5.82 Å². The predicted molar refractivity (Wildman–Crippen MR) is 37.2 cm³/mol. The first-order chi connectivity index (χ1) is 5.13. The maximum absolute atomic E-state index is 8.59. The van der Waals surface area contributed by atoms with E-state index in [4.69, 9.17) is 18.7 Å². The molecule has 8 heteroatoms. The summed E-state index contributed by atoms with van der Waals surface area (Å²) in [5.74, 6) is 0.398. The Balaban J connectivity index is 0.000000218. The molecule has 0 amide bonds. The third-order valence-corrected chi connectivity index (χ3v) is 0.524. The molecule has 0 atom stereocenters. The van der Waals surface area contributed by atoms with Crippen LogP contribution in [0, 0.1) is 0 Å². The van der Waals surface area contributed by atoms with Crippen molar-refractivity contribution in [1.82, 2.24) is 15.4 Å². The molecule has 1 heterocycles. The summed E-state index contributed by atoms with van der Waals surface area (Å²) in [5.41, 5.74) is 5.14. The highest BCUT2D eigenvalue weighted by Gasteiger charge is 1.76. The molecule has 0 aliphatic rings. The maximum atomic E-state index is 8.59. The largest absolute Gasteiger partial charge is 0.382 e. The van der Waals surface area contributed by atoms with Gasteiger partial charge in [-0.15, -0.1) is 10.2 Å². The third kappa shape index (κ3) is 8.72. The van der Waals surface area contributed by atoms with Crippen LogP contribution >= 0.6 is 0 Å². The molecule has 0 saturated heterocycles. The fourth-order valence-corrected chi connectivity index (χ4v) is 0.250. The van der Waals surface area contributed by atoms with Gasteiger partial charge in [0.2, 0.25) is 0 Å². The number of aromatic nitrogens is 3. The molecule has 0 saturated carbocycles. The van der Waals surface area contributed by atoms with Gasteiger partial charge in [-0.2, -0.15) is 0 Å². The van der Waals surface area contributed by atoms with E-state index in [0.29, 0.717) is 5.82 Å². The van der Waals surface area contributed by atoms with Crippen molar-refractivity contribution in [2.24, 2.45) is 0 Å². The highest BCUT2D eigenvalue weighted by atomic mass is 32.2. The lowest BCUT2D eigenvalue weighted by molar-refractivity contribution is 0.509. The number of nitrogens with zero attached hydrogens (tertiary/aromatic N) is 3. The van der Waals surface area contributed by atoms with Crippen LogP contribution in [-0.4, -0.2) is 28.4 Å². The van der Waals surface area contributed by atoms with Gasteiger partial charge < -0.3 is 5.73 Å². The van der Waals surface area contributed by atoms with Gasteiger partial charge in [0.25, 0.3) is 11.0 Å². The van der Waals surface area contributed by atoms with E-state index >= 15 is 0 Å². The predicted octanol–water partition coefficient (Wildman–Crippen LogP) is -1.48. The highest BCUT2D eigenvalue weighted by Crippen LogP contribution is 1.83. The van der Waals surface area contributed by atoms with Crippen molar-refractivity contribution >= 4 is 16.8 Å². The van der Waals surface area contributed by atoms with E-state index in [0.717, 1.165) is 0 Å². The highest BCUT2D eigenvalue weighted by molar-refractivity contribution is 7.66. The van der Waals surface area contributed by atoms with Crippen molar-refractivity contribution in [3.63, 3.8) is 0 Å². The van der Waals surface area contributed by atoms with Crippen molar-refractivity contribution < 1.29 is 13.0 Å². The molecule has 11 heavy (non-hydrogen) atoms. The molecular weight excluding hydrogens is 172 g/mol. The second-order valence-electron chi connectivity index (χ2n) is 1.28. The lowest BCUT2D eigenvalue weighted by atomic mass is 10.6. The summed E-state index contributed by atoms with van der Waals surface area (Å²) in [6, 6.07) is 1.58. The average Bonchev–Trinajstić information content (AvgIpc) is 1.87. The summed E-state index contributed by atoms with van der Waals surface area (Å²) in [4.78, 5) is 0. The van der Waals surface area contributed by atoms with Crippen molar-refractivity contribution in [3.05, 3.63) is 12.3 Å². The Kier molecular flexibility index (Phi) is 4.86. The molecule has 0 bridgehead atoms. The zero-order valence-corrected chi connectivity index (χ0v) is 6.18. The van der Waals surface area contributed by atoms with Gasteiger partial charge >= 0.3 is 0 Å². The molecule has 1 rings (SSSR count). The zero-order valence-electron chi connectivity index (χ0n) is 5.28. The molecule has 0 unspecified atom stereocenters. The summed E-state index contributed by atoms with van der Waals surface area (Å²) in [6.45, 7) is 0. The van der Waals surface area contributed by atoms with Crippen molar-refractivity contribution in [3.8, 4) is 0 Å². The van der Waals surface area contributed by atoms with Crippen molar-refractivity contribution in [1.29, 1.82) is 0 Å². The van der Waals surface area contributed by atoms with Crippen molar-refractivity contribution in [2.75, 3.05) is 5.73 Å². The van der Waals surface area contributed by atoms with Gasteiger partial charge in [0.1, 0.15) is 5.82 Å². The van der Waals surface area contributed by atoms with E-state index in [1.165, 1.54) is 6.20 Å². The minimum atomic E-state index is -3.12. The molecular formula is C3H6N4O3S. The maximum Gasteiger partial charge on any atom is 0.254 e. The number of anilines is 1. The Hall–Kier alpha value is -1.28. The molecule has 0 aliphatic heterocycles. The molecule has 0 aliphatic carbocycles. The minimum absolute atomic E-state index is 0.398. The van der Waals surface area contributed by atoms with Gasteiger partial charge in [0.05, 0.1) is 6.20 Å². The lowest BCUT2D eigenvalue weighted by Crippen LogP contribution is -1.91. The summed E-state index contributed by atoms with van der Waals surface area (Å²) < 4.78 is 24.2. The first kappa shape index (κ1) is 9.72. The normalized spacial score (nSPS) is 8.55. The van der Waals surface area contributed by atoms with Gasteiger partial charge in [-0.25, -0.2) is 8.42 Å². The first-order valence-electron chi connectivity index (χ1n) is 2.36. The standard InChI is InChI=1S/C3H4N4.H2O3S/c4-3-1-2-5-7-6-3;1-4(2)3/h1-2H,(H2,4,5,6);4H,(H,1,2,3). The summed E-state index contributed by atoms with van der Waals surface area (Å²) >= 11 is 0. The molecule has 0 radical (unpaired) electrons. The van der Waals surface area contributed by atoms with Crippen LogP contribution in [0.5, 0.6) is 0 Å². The molecule has 0 spiro atoms. The molecule has 7 nitrogen and oxygen atoms in total. The van der Waals surface area contributed by atoms with Crippen LogP contribution in [0.15, 0.2) is 12.3 Å². The molecule has 62 valence electrons. The second kappa shape index (κ2) is 5.50. The Morgan fingerprint density at radius 2 is 2.09 bits per heavy atom. The van der Waals surface area contributed by atoms with Gasteiger partial charge in [-0.1, -0.05) is 0 Å². The Morgan fingerprint density at radius 3 is 2.27 bits per heavy atom. The smallest absolute Gasteiger partial charge is 0.254 e. The monoisotopic (exact) mass is 178 g/mol. The Morgan fingerprint density at radius 1 is 1.55 bits per heavy atom. The van der Waals surface area contributed by atoms with Crippen LogP contribution in [-0.2, 0) is 11.0 Å². The van der Waals surface area contributed by atoms with Crippen LogP contribution < -0.4 is 5.73 Å². The van der Waals surface area contributed by atoms with Crippen LogP contribution in [0.1, 0.15) is 0 Å². The fraction of sp³-hybridized carbons (Fsp3) is 0. The van der Waals surface area contributed by atoms with Crippen molar-refractivity contribution in [2.45, 2.75) is 0 Å². The average molecular weight is 178 g/mol. The van der Waals surface area contributed by atoms with E-state index in [-0.39, 0.29) is 0 Å². The quantitative estimate of drug-likeness (QED) is 0.327. The third-order valence-electron chi connectivity index (χ3n) is 0.524. The number of hydrogen-bond donors (Lipinski definition) is 3. The van der Waals surface area contributed by atoms with E-state index < -0.39 is 11.0 Å². The fourth-order valence-electron chi connectivity index (χ4n) is 0.250. The van der Waals surface area contributed by atoms with Gasteiger partial charge in [0.15, 0.2) is 0 Å². The number of nitrogen functional groups attached to an aromatic ring is 1. The Labute approximate surface area is 64.0 Å². The molecule has 1 aromatic heterocycles. The summed E-state index contributed by atoms with van der Waals surface area (Å²) in [5, 5.41) is 10.1. The van der Waals surface area contributed by atoms with Crippen LogP contribution in [0.25, 0.3) is 0 Å². The molecule has 0 aromatic carbocycles. The van der Waals surface area contributed by atoms with E-state index in [1.807, 2.05) is 0 Å². The van der Waals surface area contributed by atoms with Crippen LogP contribution in [0.2, 0.25) is 0 Å². The number of thiol groups is 1. The minimum Gasteiger partial charge on any atom is -0.382 e. The SMILES string of the molecule is Nc1ccnnn1.O=[SH](=O)O. The molecule has 1 aromatic rings. The lowest BCUT2D eigenvalue weighted by Gasteiger charge is -1.80. The topological polar surface area (TPSA) is 119 Å². The molecule has 3 N–H and O–H groups in total. The van der Waals surface area contributed by atoms with E-state index in [9.17, 15) is 0 Å². The van der Waals surface area contributed by atoms with Gasteiger partial charge in [-0.05, 0) is 5.21 Å². The second-order valence-corrected chi connectivity index (χ2v) is 1.76. The van der Waals surface area contributed by atoms with E-state index in [2.05, 4.69) is 15.4 Å². The molecule has 0 fully saturated rings. The summed E-state index contributed by atoms with van der Waals surface area (Å²) in [7, 11) is -3.12. The zero-order chi connectivity index (χ0) is 8.69. The van der Waals surface area contributed by atoms with Crippen LogP contribution in [0.3, 0.4) is 0 Å². The van der Waals surface area contributed by atoms with Gasteiger partial charge in [0, 0.05) is 6.07 Å². The summed E-state index contributed by atoms with van der Waals surface area (Å²) in [6.07, 6.45) is 1.49. The van der Waals surface area contributed by atoms with Gasteiger partial charge in [-0.3, -0.25) is 4.55 Å².